The van der Waals surface area contributed by atoms with E-state index in [4.69, 9.17) is 26.8 Å². The lowest BCUT2D eigenvalue weighted by molar-refractivity contribution is 0.296. The fourth-order valence-corrected chi connectivity index (χ4v) is 3.85. The summed E-state index contributed by atoms with van der Waals surface area (Å²) in [5.41, 5.74) is 8.59. The lowest BCUT2D eigenvalue weighted by Crippen LogP contribution is -2.33. The van der Waals surface area contributed by atoms with E-state index in [-0.39, 0.29) is 5.41 Å². The van der Waals surface area contributed by atoms with Gasteiger partial charge in [0.2, 0.25) is 0 Å². The monoisotopic (exact) mass is 295 g/mol. The third kappa shape index (κ3) is 2.17. The van der Waals surface area contributed by atoms with Crippen LogP contribution in [0.3, 0.4) is 0 Å². The van der Waals surface area contributed by atoms with E-state index < -0.39 is 0 Å². The zero-order chi connectivity index (χ0) is 14.2. The Morgan fingerprint density at radius 2 is 1.80 bits per heavy atom. The van der Waals surface area contributed by atoms with Gasteiger partial charge in [-0.15, -0.1) is 0 Å². The molecule has 0 amide bonds. The van der Waals surface area contributed by atoms with Gasteiger partial charge in [0.15, 0.2) is 11.5 Å². The Morgan fingerprint density at radius 1 is 1.15 bits per heavy atom. The molecule has 1 aromatic carbocycles. The zero-order valence-electron chi connectivity index (χ0n) is 12.0. The first-order valence-electron chi connectivity index (χ1n) is 7.47. The molecule has 1 heterocycles. The minimum Gasteiger partial charge on any atom is -0.489 e. The number of hydrogen-bond acceptors (Lipinski definition) is 3. The van der Waals surface area contributed by atoms with Crippen molar-refractivity contribution < 1.29 is 9.47 Å². The maximum atomic E-state index is 6.44. The van der Waals surface area contributed by atoms with Crippen LogP contribution in [-0.2, 0) is 5.41 Å². The van der Waals surface area contributed by atoms with Gasteiger partial charge in [0, 0.05) is 18.4 Å². The highest BCUT2D eigenvalue weighted by Crippen LogP contribution is 2.48. The van der Waals surface area contributed by atoms with E-state index in [2.05, 4.69) is 13.0 Å². The number of fused-ring (bicyclic) bond motifs is 1. The molecule has 3 nitrogen and oxygen atoms in total. The second-order valence-corrected chi connectivity index (χ2v) is 6.34. The quantitative estimate of drug-likeness (QED) is 0.907. The van der Waals surface area contributed by atoms with E-state index in [0.29, 0.717) is 30.5 Å². The molecule has 1 aliphatic carbocycles. The fraction of sp³-hybridized carbons (Fsp3) is 0.625. The molecule has 0 saturated heterocycles. The lowest BCUT2D eigenvalue weighted by atomic mass is 9.76. The van der Waals surface area contributed by atoms with Gasteiger partial charge in [-0.05, 0) is 37.0 Å². The van der Waals surface area contributed by atoms with Crippen LogP contribution in [0.1, 0.15) is 43.2 Å². The summed E-state index contributed by atoms with van der Waals surface area (Å²) in [4.78, 5) is 0. The SMILES string of the molecule is Cc1c(C2(CN)CCCC2)cc(Cl)c2c1OCCCO2. The van der Waals surface area contributed by atoms with Crippen LogP contribution in [0.15, 0.2) is 6.07 Å². The Labute approximate surface area is 125 Å². The number of hydrogen-bond donors (Lipinski definition) is 1. The van der Waals surface area contributed by atoms with Gasteiger partial charge in [0.25, 0.3) is 0 Å². The molecule has 2 aliphatic rings. The second-order valence-electron chi connectivity index (χ2n) is 5.93. The van der Waals surface area contributed by atoms with Crippen molar-refractivity contribution in [1.29, 1.82) is 0 Å². The van der Waals surface area contributed by atoms with E-state index in [1.54, 1.807) is 0 Å². The Balaban J connectivity index is 2.13. The highest BCUT2D eigenvalue weighted by Gasteiger charge is 2.37. The summed E-state index contributed by atoms with van der Waals surface area (Å²) in [6, 6.07) is 2.06. The van der Waals surface area contributed by atoms with Gasteiger partial charge in [0.1, 0.15) is 0 Å². The topological polar surface area (TPSA) is 44.5 Å². The van der Waals surface area contributed by atoms with Crippen LogP contribution >= 0.6 is 11.6 Å². The van der Waals surface area contributed by atoms with Crippen molar-refractivity contribution in [2.75, 3.05) is 19.8 Å². The van der Waals surface area contributed by atoms with Crippen molar-refractivity contribution in [3.63, 3.8) is 0 Å². The summed E-state index contributed by atoms with van der Waals surface area (Å²) in [6.45, 7) is 4.12. The minimum atomic E-state index is 0.0679. The van der Waals surface area contributed by atoms with Crippen LogP contribution in [0.25, 0.3) is 0 Å². The lowest BCUT2D eigenvalue weighted by Gasteiger charge is -2.31. The third-order valence-corrected chi connectivity index (χ3v) is 5.02. The summed E-state index contributed by atoms with van der Waals surface area (Å²) >= 11 is 6.44. The smallest absolute Gasteiger partial charge is 0.180 e. The molecule has 0 aromatic heterocycles. The summed E-state index contributed by atoms with van der Waals surface area (Å²) in [5, 5.41) is 0.655. The van der Waals surface area contributed by atoms with Crippen molar-refractivity contribution in [2.24, 2.45) is 5.73 Å². The van der Waals surface area contributed by atoms with Crippen molar-refractivity contribution in [3.05, 3.63) is 22.2 Å². The van der Waals surface area contributed by atoms with Crippen LogP contribution in [0.2, 0.25) is 5.02 Å². The Kier molecular flexibility index (Phi) is 3.83. The number of benzene rings is 1. The second kappa shape index (κ2) is 5.45. The Hall–Kier alpha value is -0.930. The standard InChI is InChI=1S/C16H22ClNO2/c1-11-12(16(10-18)5-2-3-6-16)9-13(17)15-14(11)19-7-4-8-20-15/h9H,2-8,10,18H2,1H3. The zero-order valence-corrected chi connectivity index (χ0v) is 12.8. The predicted octanol–water partition coefficient (Wildman–Crippen LogP) is 3.58. The van der Waals surface area contributed by atoms with E-state index in [1.807, 2.05) is 0 Å². The van der Waals surface area contributed by atoms with Gasteiger partial charge in [-0.2, -0.15) is 0 Å². The molecule has 20 heavy (non-hydrogen) atoms. The molecule has 1 aromatic rings. The highest BCUT2D eigenvalue weighted by molar-refractivity contribution is 6.32. The summed E-state index contributed by atoms with van der Waals surface area (Å²) < 4.78 is 11.7. The molecule has 0 spiro atoms. The summed E-state index contributed by atoms with van der Waals surface area (Å²) in [7, 11) is 0. The van der Waals surface area contributed by atoms with Gasteiger partial charge in [-0.3, -0.25) is 0 Å². The molecule has 0 bridgehead atoms. The molecule has 3 rings (SSSR count). The van der Waals surface area contributed by atoms with Gasteiger partial charge >= 0.3 is 0 Å². The average Bonchev–Trinajstić information content (AvgIpc) is 2.80. The van der Waals surface area contributed by atoms with Gasteiger partial charge < -0.3 is 15.2 Å². The van der Waals surface area contributed by atoms with Crippen LogP contribution in [0, 0.1) is 6.92 Å². The minimum absolute atomic E-state index is 0.0679. The number of nitrogens with two attached hydrogens (primary N) is 1. The molecule has 4 heteroatoms. The highest BCUT2D eigenvalue weighted by atomic mass is 35.5. The maximum Gasteiger partial charge on any atom is 0.180 e. The van der Waals surface area contributed by atoms with E-state index >= 15 is 0 Å². The first kappa shape index (κ1) is 14.0. The van der Waals surface area contributed by atoms with E-state index in [9.17, 15) is 0 Å². The van der Waals surface area contributed by atoms with Crippen molar-refractivity contribution >= 4 is 11.6 Å². The molecule has 1 aliphatic heterocycles. The normalized spacial score (nSPS) is 20.8. The van der Waals surface area contributed by atoms with Gasteiger partial charge in [0.05, 0.1) is 18.2 Å². The number of halogens is 1. The number of ether oxygens (including phenoxy) is 2. The van der Waals surface area contributed by atoms with Crippen molar-refractivity contribution in [2.45, 2.75) is 44.4 Å². The first-order valence-corrected chi connectivity index (χ1v) is 7.85. The first-order chi connectivity index (χ1) is 9.68. The van der Waals surface area contributed by atoms with Crippen LogP contribution in [0.4, 0.5) is 0 Å². The third-order valence-electron chi connectivity index (χ3n) is 4.74. The molecule has 1 fully saturated rings. The largest absolute Gasteiger partial charge is 0.489 e. The van der Waals surface area contributed by atoms with E-state index in [1.165, 1.54) is 18.4 Å². The van der Waals surface area contributed by atoms with Crippen LogP contribution in [-0.4, -0.2) is 19.8 Å². The number of rotatable bonds is 2. The van der Waals surface area contributed by atoms with E-state index in [0.717, 1.165) is 30.6 Å². The Morgan fingerprint density at radius 3 is 2.45 bits per heavy atom. The molecular weight excluding hydrogens is 274 g/mol. The van der Waals surface area contributed by atoms with Crippen LogP contribution < -0.4 is 15.2 Å². The summed E-state index contributed by atoms with van der Waals surface area (Å²) in [5.74, 6) is 1.53. The fourth-order valence-electron chi connectivity index (χ4n) is 3.60. The molecule has 110 valence electrons. The molecule has 2 N–H and O–H groups in total. The predicted molar refractivity (Wildman–Crippen MR) is 81.0 cm³/mol. The molecule has 0 unspecified atom stereocenters. The Bertz CT molecular complexity index is 510. The molecule has 1 saturated carbocycles. The molecular formula is C16H22ClNO2. The molecule has 0 radical (unpaired) electrons. The van der Waals surface area contributed by atoms with Gasteiger partial charge in [-0.1, -0.05) is 24.4 Å². The van der Waals surface area contributed by atoms with Gasteiger partial charge in [-0.25, -0.2) is 0 Å². The van der Waals surface area contributed by atoms with Crippen molar-refractivity contribution in [3.8, 4) is 11.5 Å². The average molecular weight is 296 g/mol. The van der Waals surface area contributed by atoms with Crippen LogP contribution in [0.5, 0.6) is 11.5 Å². The maximum absolute atomic E-state index is 6.44. The van der Waals surface area contributed by atoms with Crippen molar-refractivity contribution in [1.82, 2.24) is 0 Å². The molecule has 0 atom stereocenters. The summed E-state index contributed by atoms with van der Waals surface area (Å²) in [6.07, 6.45) is 5.65.